The first kappa shape index (κ1) is 10.6. The fourth-order valence-corrected chi connectivity index (χ4v) is 1.61. The highest BCUT2D eigenvalue weighted by molar-refractivity contribution is 6.05. The first-order chi connectivity index (χ1) is 7.63. The number of aryl methyl sites for hydroxylation is 3. The fourth-order valence-electron chi connectivity index (χ4n) is 1.61. The Morgan fingerprint density at radius 1 is 1.44 bits per heavy atom. The van der Waals surface area contributed by atoms with Gasteiger partial charge in [0.05, 0.1) is 5.69 Å². The number of hydrogen-bond acceptors (Lipinski definition) is 3. The summed E-state index contributed by atoms with van der Waals surface area (Å²) in [5.41, 5.74) is 1.49. The number of rotatable bonds is 3. The van der Waals surface area contributed by atoms with Crippen molar-refractivity contribution >= 4 is 5.78 Å². The van der Waals surface area contributed by atoms with E-state index in [0.717, 1.165) is 12.1 Å². The molecule has 0 atom stereocenters. The van der Waals surface area contributed by atoms with Gasteiger partial charge >= 0.3 is 0 Å². The van der Waals surface area contributed by atoms with Crippen LogP contribution in [0.15, 0.2) is 18.5 Å². The van der Waals surface area contributed by atoms with E-state index in [0.29, 0.717) is 11.5 Å². The summed E-state index contributed by atoms with van der Waals surface area (Å²) >= 11 is 0. The summed E-state index contributed by atoms with van der Waals surface area (Å²) in [7, 11) is 3.58. The zero-order valence-electron chi connectivity index (χ0n) is 9.64. The molecule has 84 valence electrons. The quantitative estimate of drug-likeness (QED) is 0.721. The van der Waals surface area contributed by atoms with Gasteiger partial charge in [0.15, 0.2) is 5.82 Å². The van der Waals surface area contributed by atoms with Crippen LogP contribution in [0.5, 0.6) is 0 Å². The number of imidazole rings is 1. The van der Waals surface area contributed by atoms with Gasteiger partial charge in [0.25, 0.3) is 0 Å². The van der Waals surface area contributed by atoms with Gasteiger partial charge in [0.2, 0.25) is 5.78 Å². The Morgan fingerprint density at radius 2 is 2.19 bits per heavy atom. The van der Waals surface area contributed by atoms with Crippen LogP contribution in [0.3, 0.4) is 0 Å². The van der Waals surface area contributed by atoms with Crippen molar-refractivity contribution in [1.82, 2.24) is 19.3 Å². The second kappa shape index (κ2) is 3.92. The van der Waals surface area contributed by atoms with Crippen molar-refractivity contribution in [2.75, 3.05) is 0 Å². The molecular weight excluding hydrogens is 204 g/mol. The summed E-state index contributed by atoms with van der Waals surface area (Å²) in [6, 6.07) is 1.82. The highest BCUT2D eigenvalue weighted by atomic mass is 16.1. The topological polar surface area (TPSA) is 52.7 Å². The number of carbonyl (C=O) groups excluding carboxylic acids is 1. The summed E-state index contributed by atoms with van der Waals surface area (Å²) < 4.78 is 3.32. The highest BCUT2D eigenvalue weighted by Crippen LogP contribution is 2.09. The van der Waals surface area contributed by atoms with Crippen molar-refractivity contribution in [3.63, 3.8) is 0 Å². The molecule has 0 unspecified atom stereocenters. The van der Waals surface area contributed by atoms with Crippen molar-refractivity contribution in [3.8, 4) is 0 Å². The monoisotopic (exact) mass is 218 g/mol. The van der Waals surface area contributed by atoms with Crippen LogP contribution in [0, 0.1) is 0 Å². The second-order valence-electron chi connectivity index (χ2n) is 3.69. The molecule has 0 amide bonds. The van der Waals surface area contributed by atoms with Crippen molar-refractivity contribution in [2.45, 2.75) is 13.3 Å². The third-order valence-electron chi connectivity index (χ3n) is 2.55. The van der Waals surface area contributed by atoms with Crippen molar-refractivity contribution < 1.29 is 4.79 Å². The van der Waals surface area contributed by atoms with Crippen LogP contribution in [-0.2, 0) is 20.5 Å². The van der Waals surface area contributed by atoms with E-state index in [-0.39, 0.29) is 5.78 Å². The van der Waals surface area contributed by atoms with E-state index < -0.39 is 0 Å². The molecule has 0 saturated carbocycles. The molecule has 2 rings (SSSR count). The minimum absolute atomic E-state index is 0.0952. The maximum Gasteiger partial charge on any atom is 0.246 e. The summed E-state index contributed by atoms with van der Waals surface area (Å²) in [5.74, 6) is 0.341. The van der Waals surface area contributed by atoms with E-state index in [4.69, 9.17) is 0 Å². The lowest BCUT2D eigenvalue weighted by Gasteiger charge is -2.00. The number of hydrogen-bond donors (Lipinski definition) is 0. The Bertz CT molecular complexity index is 524. The lowest BCUT2D eigenvalue weighted by molar-refractivity contribution is 0.101. The van der Waals surface area contributed by atoms with Crippen molar-refractivity contribution in [3.05, 3.63) is 35.7 Å². The van der Waals surface area contributed by atoms with Gasteiger partial charge in [-0.05, 0) is 12.5 Å². The Hall–Kier alpha value is -1.91. The highest BCUT2D eigenvalue weighted by Gasteiger charge is 2.18. The number of nitrogens with zero attached hydrogens (tertiary/aromatic N) is 4. The maximum absolute atomic E-state index is 12.1. The van der Waals surface area contributed by atoms with Gasteiger partial charge in [0.1, 0.15) is 5.69 Å². The SMILES string of the molecule is CCc1cc(C(=O)c2nccn2C)n(C)n1. The third-order valence-corrected chi connectivity index (χ3v) is 2.55. The van der Waals surface area contributed by atoms with Crippen molar-refractivity contribution in [2.24, 2.45) is 14.1 Å². The van der Waals surface area contributed by atoms with E-state index in [9.17, 15) is 4.79 Å². The molecule has 0 aliphatic heterocycles. The minimum atomic E-state index is -0.0952. The van der Waals surface area contributed by atoms with Crippen molar-refractivity contribution in [1.29, 1.82) is 0 Å². The number of ketones is 1. The first-order valence-electron chi connectivity index (χ1n) is 5.18. The summed E-state index contributed by atoms with van der Waals surface area (Å²) in [6.07, 6.45) is 4.19. The lowest BCUT2D eigenvalue weighted by atomic mass is 10.2. The Labute approximate surface area is 93.7 Å². The predicted molar refractivity (Wildman–Crippen MR) is 59.2 cm³/mol. The molecule has 0 N–H and O–H groups in total. The van der Waals surface area contributed by atoms with Crippen LogP contribution in [0.4, 0.5) is 0 Å². The average molecular weight is 218 g/mol. The number of aromatic nitrogens is 4. The molecule has 0 aromatic carbocycles. The summed E-state index contributed by atoms with van der Waals surface area (Å²) in [4.78, 5) is 16.2. The zero-order chi connectivity index (χ0) is 11.7. The van der Waals surface area contributed by atoms with Crippen LogP contribution in [0.1, 0.15) is 28.9 Å². The van der Waals surface area contributed by atoms with Crippen LogP contribution in [0.25, 0.3) is 0 Å². The molecule has 0 aliphatic rings. The molecule has 16 heavy (non-hydrogen) atoms. The zero-order valence-corrected chi connectivity index (χ0v) is 9.64. The van der Waals surface area contributed by atoms with E-state index in [2.05, 4.69) is 10.1 Å². The Balaban J connectivity index is 2.41. The third kappa shape index (κ3) is 1.64. The van der Waals surface area contributed by atoms with E-state index in [1.54, 1.807) is 35.7 Å². The lowest BCUT2D eigenvalue weighted by Crippen LogP contribution is -2.12. The summed E-state index contributed by atoms with van der Waals surface area (Å²) in [6.45, 7) is 2.01. The first-order valence-corrected chi connectivity index (χ1v) is 5.18. The standard InChI is InChI=1S/C11H14N4O/c1-4-8-7-9(15(3)13-8)10(16)11-12-5-6-14(11)2/h5-7H,4H2,1-3H3. The van der Waals surface area contributed by atoms with Crippen LogP contribution < -0.4 is 0 Å². The van der Waals surface area contributed by atoms with Crippen LogP contribution in [-0.4, -0.2) is 25.1 Å². The average Bonchev–Trinajstić information content (AvgIpc) is 2.83. The fraction of sp³-hybridized carbons (Fsp3) is 0.364. The molecule has 5 heteroatoms. The molecule has 2 aromatic heterocycles. The molecule has 0 spiro atoms. The summed E-state index contributed by atoms with van der Waals surface area (Å²) in [5, 5.41) is 4.25. The normalized spacial score (nSPS) is 10.7. The Morgan fingerprint density at radius 3 is 2.69 bits per heavy atom. The molecule has 0 aliphatic carbocycles. The van der Waals surface area contributed by atoms with Gasteiger partial charge in [-0.1, -0.05) is 6.92 Å². The molecule has 0 bridgehead atoms. The van der Waals surface area contributed by atoms with Gasteiger partial charge in [-0.15, -0.1) is 0 Å². The minimum Gasteiger partial charge on any atom is -0.331 e. The van der Waals surface area contributed by atoms with E-state index in [1.165, 1.54) is 0 Å². The van der Waals surface area contributed by atoms with Gasteiger partial charge in [0, 0.05) is 26.5 Å². The molecule has 0 saturated heterocycles. The molecule has 0 fully saturated rings. The van der Waals surface area contributed by atoms with Gasteiger partial charge in [-0.2, -0.15) is 5.10 Å². The predicted octanol–water partition coefficient (Wildman–Crippen LogP) is 0.947. The molecule has 2 aromatic rings. The molecular formula is C11H14N4O. The van der Waals surface area contributed by atoms with Gasteiger partial charge in [-0.25, -0.2) is 4.98 Å². The maximum atomic E-state index is 12.1. The van der Waals surface area contributed by atoms with Crippen LogP contribution >= 0.6 is 0 Å². The van der Waals surface area contributed by atoms with Crippen LogP contribution in [0.2, 0.25) is 0 Å². The molecule has 5 nitrogen and oxygen atoms in total. The molecule has 2 heterocycles. The number of carbonyl (C=O) groups is 1. The largest absolute Gasteiger partial charge is 0.331 e. The van der Waals surface area contributed by atoms with Gasteiger partial charge < -0.3 is 4.57 Å². The molecule has 0 radical (unpaired) electrons. The second-order valence-corrected chi connectivity index (χ2v) is 3.69. The van der Waals surface area contributed by atoms with E-state index >= 15 is 0 Å². The van der Waals surface area contributed by atoms with E-state index in [1.807, 2.05) is 13.0 Å². The Kier molecular flexibility index (Phi) is 2.60. The smallest absolute Gasteiger partial charge is 0.246 e. The van der Waals surface area contributed by atoms with Gasteiger partial charge in [-0.3, -0.25) is 9.48 Å².